The summed E-state index contributed by atoms with van der Waals surface area (Å²) in [5.74, 6) is -1.77. The van der Waals surface area contributed by atoms with Crippen LogP contribution in [0.2, 0.25) is 5.02 Å². The van der Waals surface area contributed by atoms with E-state index in [0.717, 1.165) is 4.90 Å². The van der Waals surface area contributed by atoms with Crippen molar-refractivity contribution >= 4 is 40.5 Å². The van der Waals surface area contributed by atoms with Crippen LogP contribution in [-0.4, -0.2) is 22.8 Å². The topological polar surface area (TPSA) is 93.0 Å². The molecule has 3 aromatic rings. The van der Waals surface area contributed by atoms with Gasteiger partial charge in [-0.25, -0.2) is 9.96 Å². The first kappa shape index (κ1) is 20.2. The van der Waals surface area contributed by atoms with E-state index in [2.05, 4.69) is 0 Å². The summed E-state index contributed by atoms with van der Waals surface area (Å²) in [6, 6.07) is 20.6. The molecular weight excluding hydrogens is 434 g/mol. The van der Waals surface area contributed by atoms with Crippen LogP contribution in [-0.2, 0) is 14.4 Å². The molecular formula is C23H16ClN3O5. The monoisotopic (exact) mass is 449 g/mol. The van der Waals surface area contributed by atoms with Gasteiger partial charge < -0.3 is 0 Å². The fourth-order valence-corrected chi connectivity index (χ4v) is 4.35. The van der Waals surface area contributed by atoms with E-state index in [9.17, 15) is 19.7 Å². The number of hydroxylamine groups is 1. The Labute approximate surface area is 187 Å². The van der Waals surface area contributed by atoms with E-state index in [1.807, 2.05) is 0 Å². The Balaban J connectivity index is 1.61. The van der Waals surface area contributed by atoms with Crippen molar-refractivity contribution in [1.29, 1.82) is 0 Å². The molecule has 3 aromatic carbocycles. The molecule has 8 nitrogen and oxygen atoms in total. The number of fused-ring (bicyclic) bond motifs is 1. The van der Waals surface area contributed by atoms with Crippen molar-refractivity contribution in [3.8, 4) is 0 Å². The van der Waals surface area contributed by atoms with Crippen molar-refractivity contribution in [2.24, 2.45) is 5.92 Å². The van der Waals surface area contributed by atoms with Crippen LogP contribution in [0, 0.1) is 16.0 Å². The van der Waals surface area contributed by atoms with Crippen LogP contribution < -0.4 is 9.96 Å². The van der Waals surface area contributed by atoms with Gasteiger partial charge in [-0.2, -0.15) is 0 Å². The summed E-state index contributed by atoms with van der Waals surface area (Å²) in [4.78, 5) is 44.7. The van der Waals surface area contributed by atoms with E-state index in [1.165, 1.54) is 17.2 Å². The molecule has 160 valence electrons. The van der Waals surface area contributed by atoms with Gasteiger partial charge in [0, 0.05) is 17.2 Å². The number of rotatable bonds is 4. The minimum Gasteiger partial charge on any atom is -0.273 e. The van der Waals surface area contributed by atoms with Crippen LogP contribution in [0.4, 0.5) is 17.1 Å². The molecule has 2 saturated heterocycles. The highest BCUT2D eigenvalue weighted by atomic mass is 35.5. The van der Waals surface area contributed by atoms with Crippen molar-refractivity contribution in [3.05, 3.63) is 99.6 Å². The molecule has 0 N–H and O–H groups in total. The molecule has 2 aliphatic rings. The highest BCUT2D eigenvalue weighted by Crippen LogP contribution is 2.48. The zero-order valence-electron chi connectivity index (χ0n) is 16.5. The number of imide groups is 1. The van der Waals surface area contributed by atoms with Gasteiger partial charge in [-0.1, -0.05) is 41.9 Å². The Morgan fingerprint density at radius 3 is 2.28 bits per heavy atom. The van der Waals surface area contributed by atoms with Crippen molar-refractivity contribution in [1.82, 2.24) is 0 Å². The molecule has 0 aliphatic carbocycles. The van der Waals surface area contributed by atoms with Gasteiger partial charge in [0.25, 0.3) is 11.6 Å². The summed E-state index contributed by atoms with van der Waals surface area (Å²) in [7, 11) is 0. The predicted octanol–water partition coefficient (Wildman–Crippen LogP) is 4.30. The lowest BCUT2D eigenvalue weighted by Crippen LogP contribution is -2.37. The van der Waals surface area contributed by atoms with Crippen molar-refractivity contribution in [2.45, 2.75) is 12.1 Å². The molecule has 0 bridgehead atoms. The van der Waals surface area contributed by atoms with Crippen molar-refractivity contribution in [3.63, 3.8) is 0 Å². The second-order valence-corrected chi connectivity index (χ2v) is 7.93. The standard InChI is InChI=1S/C23H16ClN3O5/c24-15-9-11-17(12-10-15)26-20(14-5-4-8-18(13-14)27(30)31)19-21(32-26)23(29)25(22(19)28)16-6-2-1-3-7-16/h1-13,19-21H. The quantitative estimate of drug-likeness (QED) is 0.335. The van der Waals surface area contributed by atoms with Gasteiger partial charge in [-0.05, 0) is 42.0 Å². The third kappa shape index (κ3) is 3.21. The third-order valence-corrected chi connectivity index (χ3v) is 5.89. The maximum absolute atomic E-state index is 13.5. The second kappa shape index (κ2) is 7.74. The van der Waals surface area contributed by atoms with Crippen molar-refractivity contribution < 1.29 is 19.3 Å². The fourth-order valence-electron chi connectivity index (χ4n) is 4.22. The number of hydrogen-bond acceptors (Lipinski definition) is 6. The Morgan fingerprint density at radius 2 is 1.59 bits per heavy atom. The van der Waals surface area contributed by atoms with E-state index < -0.39 is 34.8 Å². The number of benzene rings is 3. The zero-order valence-corrected chi connectivity index (χ0v) is 17.3. The summed E-state index contributed by atoms with van der Waals surface area (Å²) in [6.45, 7) is 0. The fraction of sp³-hybridized carbons (Fsp3) is 0.130. The molecule has 0 saturated carbocycles. The highest BCUT2D eigenvalue weighted by molar-refractivity contribution is 6.30. The van der Waals surface area contributed by atoms with E-state index in [0.29, 0.717) is 22.0 Å². The Kier molecular flexibility index (Phi) is 4.88. The molecule has 2 fully saturated rings. The number of carbonyl (C=O) groups is 2. The summed E-state index contributed by atoms with van der Waals surface area (Å²) in [6.07, 6.45) is -1.05. The van der Waals surface area contributed by atoms with Gasteiger partial charge in [-0.3, -0.25) is 24.5 Å². The smallest absolute Gasteiger partial charge is 0.269 e. The van der Waals surface area contributed by atoms with Crippen LogP contribution in [0.3, 0.4) is 0 Å². The zero-order chi connectivity index (χ0) is 22.4. The van der Waals surface area contributed by atoms with E-state index in [4.69, 9.17) is 16.4 Å². The molecule has 9 heteroatoms. The SMILES string of the molecule is O=C1C2ON(c3ccc(Cl)cc3)C(c3cccc([N+](=O)[O-])c3)C2C(=O)N1c1ccccc1. The number of nitro groups is 1. The highest BCUT2D eigenvalue weighted by Gasteiger charge is 2.60. The van der Waals surface area contributed by atoms with Gasteiger partial charge in [-0.15, -0.1) is 0 Å². The average Bonchev–Trinajstić information content (AvgIpc) is 3.31. The number of non-ortho nitro benzene ring substituents is 1. The Hall–Kier alpha value is -3.75. The molecule has 2 amide bonds. The normalized spacial score (nSPS) is 22.3. The first-order chi connectivity index (χ1) is 15.5. The minimum absolute atomic E-state index is 0.112. The maximum Gasteiger partial charge on any atom is 0.269 e. The largest absolute Gasteiger partial charge is 0.273 e. The van der Waals surface area contributed by atoms with Gasteiger partial charge in [0.2, 0.25) is 5.91 Å². The lowest BCUT2D eigenvalue weighted by atomic mass is 9.90. The molecule has 0 aromatic heterocycles. The second-order valence-electron chi connectivity index (χ2n) is 7.50. The van der Waals surface area contributed by atoms with E-state index in [-0.39, 0.29) is 5.69 Å². The first-order valence-electron chi connectivity index (χ1n) is 9.84. The number of carbonyl (C=O) groups excluding carboxylic acids is 2. The van der Waals surface area contributed by atoms with Crippen LogP contribution in [0.25, 0.3) is 0 Å². The summed E-state index contributed by atoms with van der Waals surface area (Å²) in [5, 5.41) is 13.3. The van der Waals surface area contributed by atoms with Crippen LogP contribution in [0.5, 0.6) is 0 Å². The average molecular weight is 450 g/mol. The number of nitrogens with zero attached hydrogens (tertiary/aromatic N) is 3. The molecule has 32 heavy (non-hydrogen) atoms. The Morgan fingerprint density at radius 1 is 0.875 bits per heavy atom. The van der Waals surface area contributed by atoms with Gasteiger partial charge >= 0.3 is 0 Å². The molecule has 3 unspecified atom stereocenters. The maximum atomic E-state index is 13.5. The minimum atomic E-state index is -1.05. The van der Waals surface area contributed by atoms with Gasteiger partial charge in [0.1, 0.15) is 5.92 Å². The van der Waals surface area contributed by atoms with Crippen LogP contribution in [0.15, 0.2) is 78.9 Å². The molecule has 3 atom stereocenters. The predicted molar refractivity (Wildman–Crippen MR) is 117 cm³/mol. The summed E-state index contributed by atoms with van der Waals surface area (Å²) >= 11 is 6.01. The lowest BCUT2D eigenvalue weighted by molar-refractivity contribution is -0.384. The number of amides is 2. The van der Waals surface area contributed by atoms with Gasteiger partial charge in [0.05, 0.1) is 22.3 Å². The summed E-state index contributed by atoms with van der Waals surface area (Å²) in [5.41, 5.74) is 1.42. The number of para-hydroxylation sites is 1. The number of hydrogen-bond donors (Lipinski definition) is 0. The van der Waals surface area contributed by atoms with Crippen LogP contribution in [0.1, 0.15) is 11.6 Å². The lowest BCUT2D eigenvalue weighted by Gasteiger charge is -2.28. The van der Waals surface area contributed by atoms with E-state index >= 15 is 0 Å². The molecule has 5 rings (SSSR count). The first-order valence-corrected chi connectivity index (χ1v) is 10.2. The van der Waals surface area contributed by atoms with Crippen LogP contribution >= 0.6 is 11.6 Å². The molecule has 0 spiro atoms. The molecule has 2 heterocycles. The number of halogens is 1. The molecule has 0 radical (unpaired) electrons. The van der Waals surface area contributed by atoms with Crippen molar-refractivity contribution in [2.75, 3.05) is 9.96 Å². The summed E-state index contributed by atoms with van der Waals surface area (Å²) < 4.78 is 0. The Bertz CT molecular complexity index is 1220. The number of nitro benzene ring substituents is 1. The third-order valence-electron chi connectivity index (χ3n) is 5.63. The molecule has 2 aliphatic heterocycles. The number of anilines is 2. The van der Waals surface area contributed by atoms with E-state index in [1.54, 1.807) is 66.7 Å². The van der Waals surface area contributed by atoms with Gasteiger partial charge in [0.15, 0.2) is 6.10 Å².